The van der Waals surface area contributed by atoms with Gasteiger partial charge in [0.25, 0.3) is 0 Å². The van der Waals surface area contributed by atoms with E-state index in [1.54, 1.807) is 6.92 Å². The molecule has 0 saturated heterocycles. The number of aromatic nitrogens is 2. The first-order valence-corrected chi connectivity index (χ1v) is 6.69. The predicted octanol–water partition coefficient (Wildman–Crippen LogP) is 4.74. The summed E-state index contributed by atoms with van der Waals surface area (Å²) in [6, 6.07) is 7.80. The van der Waals surface area contributed by atoms with Crippen LogP contribution in [0.3, 0.4) is 0 Å². The van der Waals surface area contributed by atoms with Crippen LogP contribution in [0.4, 0.5) is 13.2 Å². The monoisotopic (exact) mass is 310 g/mol. The van der Waals surface area contributed by atoms with Crippen molar-refractivity contribution in [1.82, 2.24) is 9.55 Å². The lowest BCUT2D eigenvalue weighted by Crippen LogP contribution is -2.03. The molecule has 0 fully saturated rings. The van der Waals surface area contributed by atoms with Crippen LogP contribution in [0.25, 0.3) is 16.7 Å². The number of hydrogen-bond acceptors (Lipinski definition) is 1. The van der Waals surface area contributed by atoms with Crippen molar-refractivity contribution in [3.05, 3.63) is 59.7 Å². The lowest BCUT2D eigenvalue weighted by Gasteiger charge is -2.11. The third kappa shape index (κ3) is 2.27. The summed E-state index contributed by atoms with van der Waals surface area (Å²) in [6.45, 7) is 1.68. The first kappa shape index (κ1) is 13.9. The van der Waals surface area contributed by atoms with E-state index in [4.69, 9.17) is 11.6 Å². The molecule has 0 bridgehead atoms. The van der Waals surface area contributed by atoms with Crippen LogP contribution in [0.15, 0.2) is 36.4 Å². The molecule has 1 aromatic heterocycles. The van der Waals surface area contributed by atoms with E-state index in [1.807, 2.05) is 0 Å². The third-order valence-corrected chi connectivity index (χ3v) is 3.37. The Labute approximate surface area is 123 Å². The highest BCUT2D eigenvalue weighted by Gasteiger charge is 2.21. The van der Waals surface area contributed by atoms with Gasteiger partial charge < -0.3 is 0 Å². The van der Waals surface area contributed by atoms with Crippen LogP contribution in [0.2, 0.25) is 0 Å². The molecule has 21 heavy (non-hydrogen) atoms. The SMILES string of the molecule is CC(Cl)c1nc2ccc(F)c(F)c2n1-c1ccc(F)cc1. The van der Waals surface area contributed by atoms with E-state index in [0.29, 0.717) is 17.0 Å². The number of rotatable bonds is 2. The summed E-state index contributed by atoms with van der Waals surface area (Å²) in [4.78, 5) is 4.24. The van der Waals surface area contributed by atoms with Gasteiger partial charge in [0.15, 0.2) is 11.6 Å². The minimum absolute atomic E-state index is 0.0101. The predicted molar refractivity (Wildman–Crippen MR) is 75.2 cm³/mol. The van der Waals surface area contributed by atoms with Gasteiger partial charge in [0.05, 0.1) is 10.9 Å². The molecule has 0 N–H and O–H groups in total. The number of imidazole rings is 1. The number of hydrogen-bond donors (Lipinski definition) is 0. The van der Waals surface area contributed by atoms with Gasteiger partial charge >= 0.3 is 0 Å². The molecule has 1 unspecified atom stereocenters. The van der Waals surface area contributed by atoms with Crippen molar-refractivity contribution in [3.63, 3.8) is 0 Å². The number of benzene rings is 2. The first-order valence-electron chi connectivity index (χ1n) is 6.25. The normalized spacial score (nSPS) is 12.8. The van der Waals surface area contributed by atoms with E-state index < -0.39 is 22.8 Å². The Morgan fingerprint density at radius 1 is 1.05 bits per heavy atom. The molecule has 0 spiro atoms. The van der Waals surface area contributed by atoms with Crippen LogP contribution in [0.1, 0.15) is 18.1 Å². The van der Waals surface area contributed by atoms with Crippen molar-refractivity contribution in [2.45, 2.75) is 12.3 Å². The van der Waals surface area contributed by atoms with E-state index in [1.165, 1.54) is 34.9 Å². The average Bonchev–Trinajstić information content (AvgIpc) is 2.84. The Balaban J connectivity index is 2.40. The molecule has 1 heterocycles. The van der Waals surface area contributed by atoms with Crippen LogP contribution >= 0.6 is 11.6 Å². The molecule has 3 rings (SSSR count). The van der Waals surface area contributed by atoms with E-state index in [0.717, 1.165) is 6.07 Å². The highest BCUT2D eigenvalue weighted by molar-refractivity contribution is 6.20. The maximum absolute atomic E-state index is 14.1. The summed E-state index contributed by atoms with van der Waals surface area (Å²) in [6.07, 6.45) is 0. The number of nitrogens with zero attached hydrogens (tertiary/aromatic N) is 2. The second-order valence-corrected chi connectivity index (χ2v) is 5.28. The molecule has 108 valence electrons. The third-order valence-electron chi connectivity index (χ3n) is 3.18. The van der Waals surface area contributed by atoms with Crippen LogP contribution in [0, 0.1) is 17.5 Å². The largest absolute Gasteiger partial charge is 0.292 e. The highest BCUT2D eigenvalue weighted by atomic mass is 35.5. The second-order valence-electron chi connectivity index (χ2n) is 4.63. The molecule has 1 atom stereocenters. The first-order chi connectivity index (χ1) is 9.99. The van der Waals surface area contributed by atoms with E-state index >= 15 is 0 Å². The maximum atomic E-state index is 14.1. The molecular weight excluding hydrogens is 301 g/mol. The molecule has 2 aromatic carbocycles. The summed E-state index contributed by atoms with van der Waals surface area (Å²) in [5, 5.41) is -0.523. The van der Waals surface area contributed by atoms with Crippen LogP contribution < -0.4 is 0 Å². The number of alkyl halides is 1. The minimum atomic E-state index is -1.01. The fourth-order valence-electron chi connectivity index (χ4n) is 2.24. The quantitative estimate of drug-likeness (QED) is 0.625. The highest BCUT2D eigenvalue weighted by Crippen LogP contribution is 2.30. The second kappa shape index (κ2) is 5.07. The summed E-state index contributed by atoms with van der Waals surface area (Å²) in [5.74, 6) is -2.04. The molecule has 0 aliphatic heterocycles. The van der Waals surface area contributed by atoms with Gasteiger partial charge in [-0.15, -0.1) is 11.6 Å². The molecule has 2 nitrogen and oxygen atoms in total. The van der Waals surface area contributed by atoms with Crippen molar-refractivity contribution in [2.75, 3.05) is 0 Å². The zero-order chi connectivity index (χ0) is 15.1. The van der Waals surface area contributed by atoms with Gasteiger partial charge in [0.1, 0.15) is 17.2 Å². The zero-order valence-corrected chi connectivity index (χ0v) is 11.7. The summed E-state index contributed by atoms with van der Waals surface area (Å²) < 4.78 is 42.1. The van der Waals surface area contributed by atoms with Crippen molar-refractivity contribution in [2.24, 2.45) is 0 Å². The molecule has 0 aliphatic rings. The van der Waals surface area contributed by atoms with E-state index in [9.17, 15) is 13.2 Å². The average molecular weight is 311 g/mol. The van der Waals surface area contributed by atoms with Crippen LogP contribution in [-0.4, -0.2) is 9.55 Å². The van der Waals surface area contributed by atoms with Gasteiger partial charge in [-0.2, -0.15) is 0 Å². The summed E-state index contributed by atoms with van der Waals surface area (Å²) >= 11 is 6.08. The smallest absolute Gasteiger partial charge is 0.185 e. The Hall–Kier alpha value is -2.01. The zero-order valence-electron chi connectivity index (χ0n) is 10.9. The molecule has 0 radical (unpaired) electrons. The van der Waals surface area contributed by atoms with Crippen LogP contribution in [0.5, 0.6) is 0 Å². The Bertz CT molecular complexity index is 810. The minimum Gasteiger partial charge on any atom is -0.292 e. The maximum Gasteiger partial charge on any atom is 0.185 e. The van der Waals surface area contributed by atoms with Gasteiger partial charge in [-0.1, -0.05) is 0 Å². The fourth-order valence-corrected chi connectivity index (χ4v) is 2.39. The molecule has 0 amide bonds. The molecular formula is C15H10ClF3N2. The number of fused-ring (bicyclic) bond motifs is 1. The molecule has 3 aromatic rings. The van der Waals surface area contributed by atoms with Gasteiger partial charge in [-0.25, -0.2) is 18.2 Å². The standard InChI is InChI=1S/C15H10ClF3N2/c1-8(16)15-20-12-7-6-11(18)13(19)14(12)21(15)10-4-2-9(17)3-5-10/h2-8H,1H3. The molecule has 6 heteroatoms. The van der Waals surface area contributed by atoms with Crippen LogP contribution in [-0.2, 0) is 0 Å². The molecule has 0 aliphatic carbocycles. The van der Waals surface area contributed by atoms with Gasteiger partial charge in [-0.05, 0) is 43.3 Å². The summed E-state index contributed by atoms with van der Waals surface area (Å²) in [5.41, 5.74) is 0.746. The van der Waals surface area contributed by atoms with Crippen molar-refractivity contribution < 1.29 is 13.2 Å². The Morgan fingerprint density at radius 2 is 1.71 bits per heavy atom. The van der Waals surface area contributed by atoms with E-state index in [2.05, 4.69) is 4.98 Å². The lowest BCUT2D eigenvalue weighted by molar-refractivity contribution is 0.514. The van der Waals surface area contributed by atoms with Crippen molar-refractivity contribution in [1.29, 1.82) is 0 Å². The van der Waals surface area contributed by atoms with Gasteiger partial charge in [0, 0.05) is 5.69 Å². The van der Waals surface area contributed by atoms with Gasteiger partial charge in [0.2, 0.25) is 0 Å². The van der Waals surface area contributed by atoms with Crippen molar-refractivity contribution in [3.8, 4) is 5.69 Å². The molecule has 0 saturated carbocycles. The van der Waals surface area contributed by atoms with E-state index in [-0.39, 0.29) is 5.52 Å². The Kier molecular flexibility index (Phi) is 3.37. The van der Waals surface area contributed by atoms with Gasteiger partial charge in [-0.3, -0.25) is 4.57 Å². The lowest BCUT2D eigenvalue weighted by atomic mass is 10.2. The summed E-state index contributed by atoms with van der Waals surface area (Å²) in [7, 11) is 0. The Morgan fingerprint density at radius 3 is 2.33 bits per heavy atom. The van der Waals surface area contributed by atoms with Crippen molar-refractivity contribution >= 4 is 22.6 Å². The topological polar surface area (TPSA) is 17.8 Å². The fraction of sp³-hybridized carbons (Fsp3) is 0.133. The number of halogens is 4.